The Bertz CT molecular complexity index is 940. The van der Waals surface area contributed by atoms with E-state index in [4.69, 9.17) is 23.2 Å². The molecule has 8 heteroatoms. The summed E-state index contributed by atoms with van der Waals surface area (Å²) in [5.41, 5.74) is 2.38. The zero-order valence-electron chi connectivity index (χ0n) is 13.2. The van der Waals surface area contributed by atoms with Gasteiger partial charge in [0.25, 0.3) is 5.69 Å². The molecule has 0 atom stereocenters. The smallest absolute Gasteiger partial charge is 0.270 e. The molecule has 3 aromatic rings. The minimum absolute atomic E-state index is 0.0407. The topological polar surface area (TPSA) is 73.0 Å². The first kappa shape index (κ1) is 17.3. The van der Waals surface area contributed by atoms with Crippen molar-refractivity contribution in [2.45, 2.75) is 6.54 Å². The summed E-state index contributed by atoms with van der Waals surface area (Å²) < 4.78 is 1.83. The van der Waals surface area contributed by atoms with E-state index in [2.05, 4.69) is 10.3 Å². The molecule has 1 aromatic heterocycles. The highest BCUT2D eigenvalue weighted by Gasteiger charge is 2.13. The molecule has 25 heavy (non-hydrogen) atoms. The Labute approximate surface area is 154 Å². The van der Waals surface area contributed by atoms with Crippen LogP contribution in [0.15, 0.2) is 48.7 Å². The second-order valence-corrected chi connectivity index (χ2v) is 6.19. The van der Waals surface area contributed by atoms with Crippen LogP contribution in [-0.2, 0) is 13.6 Å². The van der Waals surface area contributed by atoms with E-state index in [1.165, 1.54) is 12.1 Å². The Balaban J connectivity index is 1.83. The first-order chi connectivity index (χ1) is 12.0. The number of rotatable bonds is 5. The molecular formula is C17H14Cl2N4O2. The summed E-state index contributed by atoms with van der Waals surface area (Å²) in [6.07, 6.45) is 1.67. The molecule has 3 rings (SSSR count). The summed E-state index contributed by atoms with van der Waals surface area (Å²) in [6.45, 7) is 0.457. The Morgan fingerprint density at radius 2 is 2.00 bits per heavy atom. The van der Waals surface area contributed by atoms with Gasteiger partial charge in [-0.2, -0.15) is 0 Å². The summed E-state index contributed by atoms with van der Waals surface area (Å²) in [7, 11) is 1.84. The highest BCUT2D eigenvalue weighted by atomic mass is 35.5. The molecule has 0 bridgehead atoms. The third-order valence-electron chi connectivity index (χ3n) is 3.81. The molecule has 0 saturated heterocycles. The zero-order valence-corrected chi connectivity index (χ0v) is 14.8. The molecule has 0 aliphatic rings. The average molecular weight is 377 g/mol. The normalized spacial score (nSPS) is 10.7. The van der Waals surface area contributed by atoms with Crippen LogP contribution in [0, 0.1) is 10.1 Å². The molecule has 0 radical (unpaired) electrons. The van der Waals surface area contributed by atoms with Crippen molar-refractivity contribution >= 4 is 34.8 Å². The van der Waals surface area contributed by atoms with Gasteiger partial charge in [0.2, 0.25) is 5.95 Å². The van der Waals surface area contributed by atoms with Gasteiger partial charge in [-0.25, -0.2) is 4.98 Å². The van der Waals surface area contributed by atoms with Gasteiger partial charge < -0.3 is 9.88 Å². The summed E-state index contributed by atoms with van der Waals surface area (Å²) >= 11 is 12.2. The van der Waals surface area contributed by atoms with Crippen LogP contribution in [0.25, 0.3) is 11.3 Å². The van der Waals surface area contributed by atoms with Crippen molar-refractivity contribution in [2.75, 3.05) is 5.32 Å². The van der Waals surface area contributed by atoms with Crippen molar-refractivity contribution in [1.29, 1.82) is 0 Å². The Morgan fingerprint density at radius 1 is 1.24 bits per heavy atom. The summed E-state index contributed by atoms with van der Waals surface area (Å²) in [5, 5.41) is 15.1. The predicted octanol–water partition coefficient (Wildman–Crippen LogP) is 4.91. The average Bonchev–Trinajstić information content (AvgIpc) is 2.97. The Morgan fingerprint density at radius 3 is 2.76 bits per heavy atom. The fourth-order valence-corrected chi connectivity index (χ4v) is 2.87. The number of nitrogens with one attached hydrogen (secondary N) is 1. The monoisotopic (exact) mass is 376 g/mol. The number of nitro benzene ring substituents is 1. The quantitative estimate of drug-likeness (QED) is 0.506. The van der Waals surface area contributed by atoms with Crippen molar-refractivity contribution in [2.24, 2.45) is 7.05 Å². The van der Waals surface area contributed by atoms with E-state index in [0.717, 1.165) is 16.8 Å². The number of hydrogen-bond acceptors (Lipinski definition) is 4. The number of nitrogens with zero attached hydrogens (tertiary/aromatic N) is 3. The van der Waals surface area contributed by atoms with Crippen molar-refractivity contribution in [1.82, 2.24) is 9.55 Å². The fourth-order valence-electron chi connectivity index (χ4n) is 2.48. The standard InChI is InChI=1S/C17H14Cl2N4O2/c1-22-15(11-4-2-6-13(8-11)23(24)25)10-21-17(22)20-9-12-5-3-7-14(18)16(12)19/h2-8,10H,9H2,1H3,(H,20,21). The minimum Gasteiger partial charge on any atom is -0.352 e. The Kier molecular flexibility index (Phi) is 4.92. The van der Waals surface area contributed by atoms with Gasteiger partial charge >= 0.3 is 0 Å². The van der Waals surface area contributed by atoms with Crippen LogP contribution in [0.1, 0.15) is 5.56 Å². The predicted molar refractivity (Wildman–Crippen MR) is 99.1 cm³/mol. The summed E-state index contributed by atoms with van der Waals surface area (Å²) in [5.74, 6) is 0.623. The minimum atomic E-state index is -0.416. The molecule has 6 nitrogen and oxygen atoms in total. The molecule has 1 heterocycles. The number of hydrogen-bond donors (Lipinski definition) is 1. The maximum absolute atomic E-state index is 10.9. The van der Waals surface area contributed by atoms with Gasteiger partial charge in [-0.3, -0.25) is 10.1 Å². The van der Waals surface area contributed by atoms with Crippen LogP contribution in [0.5, 0.6) is 0 Å². The Hall–Kier alpha value is -2.57. The van der Waals surface area contributed by atoms with E-state index in [9.17, 15) is 10.1 Å². The van der Waals surface area contributed by atoms with Crippen molar-refractivity contribution in [3.8, 4) is 11.3 Å². The second-order valence-electron chi connectivity index (χ2n) is 5.40. The molecule has 0 unspecified atom stereocenters. The molecule has 1 N–H and O–H groups in total. The molecule has 0 aliphatic carbocycles. The molecule has 128 valence electrons. The zero-order chi connectivity index (χ0) is 18.0. The first-order valence-corrected chi connectivity index (χ1v) is 8.16. The lowest BCUT2D eigenvalue weighted by Gasteiger charge is -2.10. The number of imidazole rings is 1. The van der Waals surface area contributed by atoms with Crippen molar-refractivity contribution < 1.29 is 4.92 Å². The number of non-ortho nitro benzene ring substituents is 1. The highest BCUT2D eigenvalue weighted by molar-refractivity contribution is 6.42. The fraction of sp³-hybridized carbons (Fsp3) is 0.118. The number of nitro groups is 1. The van der Waals surface area contributed by atoms with E-state index in [1.54, 1.807) is 18.3 Å². The van der Waals surface area contributed by atoms with E-state index in [1.807, 2.05) is 29.8 Å². The molecule has 0 saturated carbocycles. The van der Waals surface area contributed by atoms with Gasteiger partial charge in [-0.15, -0.1) is 0 Å². The molecule has 0 amide bonds. The van der Waals surface area contributed by atoms with E-state index >= 15 is 0 Å². The number of benzene rings is 2. The number of halogens is 2. The lowest BCUT2D eigenvalue weighted by atomic mass is 10.1. The number of anilines is 1. The molecule has 0 aliphatic heterocycles. The van der Waals surface area contributed by atoms with Gasteiger partial charge in [0.1, 0.15) is 0 Å². The SMILES string of the molecule is Cn1c(-c2cccc([N+](=O)[O-])c2)cnc1NCc1cccc(Cl)c1Cl. The van der Waals surface area contributed by atoms with Crippen LogP contribution in [0.4, 0.5) is 11.6 Å². The highest BCUT2D eigenvalue weighted by Crippen LogP contribution is 2.28. The van der Waals surface area contributed by atoms with Crippen LogP contribution < -0.4 is 5.32 Å². The second kappa shape index (κ2) is 7.13. The van der Waals surface area contributed by atoms with Crippen LogP contribution in [0.3, 0.4) is 0 Å². The van der Waals surface area contributed by atoms with E-state index in [0.29, 0.717) is 22.5 Å². The molecule has 0 spiro atoms. The van der Waals surface area contributed by atoms with Gasteiger partial charge in [0.15, 0.2) is 0 Å². The molecule has 2 aromatic carbocycles. The first-order valence-electron chi connectivity index (χ1n) is 7.40. The maximum Gasteiger partial charge on any atom is 0.270 e. The molecular weight excluding hydrogens is 363 g/mol. The number of aromatic nitrogens is 2. The lowest BCUT2D eigenvalue weighted by Crippen LogP contribution is -2.06. The largest absolute Gasteiger partial charge is 0.352 e. The van der Waals surface area contributed by atoms with Crippen molar-refractivity contribution in [3.05, 3.63) is 74.4 Å². The van der Waals surface area contributed by atoms with E-state index < -0.39 is 4.92 Å². The van der Waals surface area contributed by atoms with Gasteiger partial charge in [0.05, 0.1) is 26.9 Å². The van der Waals surface area contributed by atoms with Gasteiger partial charge in [0, 0.05) is 31.3 Å². The summed E-state index contributed by atoms with van der Waals surface area (Å²) in [6, 6.07) is 11.9. The summed E-state index contributed by atoms with van der Waals surface area (Å²) in [4.78, 5) is 14.9. The third-order valence-corrected chi connectivity index (χ3v) is 4.67. The van der Waals surface area contributed by atoms with E-state index in [-0.39, 0.29) is 5.69 Å². The lowest BCUT2D eigenvalue weighted by molar-refractivity contribution is -0.384. The van der Waals surface area contributed by atoms with Gasteiger partial charge in [-0.1, -0.05) is 47.5 Å². The third kappa shape index (κ3) is 3.60. The van der Waals surface area contributed by atoms with Crippen LogP contribution in [0.2, 0.25) is 10.0 Å². The molecule has 0 fully saturated rings. The van der Waals surface area contributed by atoms with Crippen LogP contribution >= 0.6 is 23.2 Å². The van der Waals surface area contributed by atoms with Crippen molar-refractivity contribution in [3.63, 3.8) is 0 Å². The maximum atomic E-state index is 10.9. The van der Waals surface area contributed by atoms with Gasteiger partial charge in [-0.05, 0) is 11.6 Å². The van der Waals surface area contributed by atoms with Crippen LogP contribution in [-0.4, -0.2) is 14.5 Å².